The summed E-state index contributed by atoms with van der Waals surface area (Å²) in [6.45, 7) is 5.16. The zero-order valence-electron chi connectivity index (χ0n) is 25.2. The standard InChI is InChI=1S/C35H38FN3O4S/c1-4-22-37-35(41)33(23-28-15-7-5-8-16-28)38(24-29-17-11-12-20-31(29)36)34(40)25-39(32-21-13-14-26(2)27(32)3)44(42,43)30-18-9-6-10-19-30/h5-21,33H,4,22-25H2,1-3H3,(H,37,41). The van der Waals surface area contributed by atoms with Gasteiger partial charge in [-0.2, -0.15) is 0 Å². The molecule has 1 unspecified atom stereocenters. The Bertz CT molecular complexity index is 1680. The zero-order chi connectivity index (χ0) is 31.7. The molecule has 2 amide bonds. The highest BCUT2D eigenvalue weighted by molar-refractivity contribution is 7.92. The Morgan fingerprint density at radius 1 is 0.841 bits per heavy atom. The van der Waals surface area contributed by atoms with E-state index in [0.29, 0.717) is 24.2 Å². The Balaban J connectivity index is 1.83. The molecule has 4 rings (SSSR count). The molecular weight excluding hydrogens is 577 g/mol. The maximum absolute atomic E-state index is 15.0. The van der Waals surface area contributed by atoms with Gasteiger partial charge in [-0.25, -0.2) is 12.8 Å². The van der Waals surface area contributed by atoms with Crippen LogP contribution in [0.15, 0.2) is 108 Å². The number of nitrogens with zero attached hydrogens (tertiary/aromatic N) is 2. The van der Waals surface area contributed by atoms with Crippen molar-refractivity contribution in [2.75, 3.05) is 17.4 Å². The van der Waals surface area contributed by atoms with Crippen LogP contribution in [-0.2, 0) is 32.6 Å². The van der Waals surface area contributed by atoms with Gasteiger partial charge >= 0.3 is 0 Å². The van der Waals surface area contributed by atoms with Gasteiger partial charge in [0.15, 0.2) is 0 Å². The normalized spacial score (nSPS) is 11.9. The summed E-state index contributed by atoms with van der Waals surface area (Å²) in [5.41, 5.74) is 2.92. The quantitative estimate of drug-likeness (QED) is 0.206. The fourth-order valence-corrected chi connectivity index (χ4v) is 6.46. The number of nitrogens with one attached hydrogen (secondary N) is 1. The van der Waals surface area contributed by atoms with E-state index in [1.807, 2.05) is 50.2 Å². The van der Waals surface area contributed by atoms with Crippen LogP contribution < -0.4 is 9.62 Å². The number of carbonyl (C=O) groups is 2. The molecule has 44 heavy (non-hydrogen) atoms. The van der Waals surface area contributed by atoms with Crippen LogP contribution in [0.1, 0.15) is 35.6 Å². The molecule has 0 aromatic heterocycles. The molecule has 0 fully saturated rings. The third kappa shape index (κ3) is 7.71. The van der Waals surface area contributed by atoms with Crippen LogP contribution in [0, 0.1) is 19.7 Å². The SMILES string of the molecule is CCCNC(=O)C(Cc1ccccc1)N(Cc1ccccc1F)C(=O)CN(c1cccc(C)c1C)S(=O)(=O)c1ccccc1. The van der Waals surface area contributed by atoms with E-state index in [9.17, 15) is 22.4 Å². The fourth-order valence-electron chi connectivity index (χ4n) is 4.97. The van der Waals surface area contributed by atoms with Crippen molar-refractivity contribution in [1.29, 1.82) is 0 Å². The van der Waals surface area contributed by atoms with Crippen LogP contribution in [0.2, 0.25) is 0 Å². The molecule has 9 heteroatoms. The molecule has 1 atom stereocenters. The first kappa shape index (κ1) is 32.4. The number of benzene rings is 4. The predicted molar refractivity (Wildman–Crippen MR) is 171 cm³/mol. The Morgan fingerprint density at radius 3 is 2.14 bits per heavy atom. The molecule has 1 N–H and O–H groups in total. The highest BCUT2D eigenvalue weighted by atomic mass is 32.2. The molecule has 4 aromatic carbocycles. The van der Waals surface area contributed by atoms with Gasteiger partial charge in [-0.15, -0.1) is 0 Å². The van der Waals surface area contributed by atoms with Gasteiger partial charge in [0.25, 0.3) is 10.0 Å². The average molecular weight is 616 g/mol. The molecule has 7 nitrogen and oxygen atoms in total. The van der Waals surface area contributed by atoms with Gasteiger partial charge in [0.1, 0.15) is 18.4 Å². The number of hydrogen-bond acceptors (Lipinski definition) is 4. The lowest BCUT2D eigenvalue weighted by molar-refractivity contribution is -0.140. The maximum atomic E-state index is 15.0. The van der Waals surface area contributed by atoms with E-state index < -0.39 is 40.2 Å². The van der Waals surface area contributed by atoms with Crippen molar-refractivity contribution < 1.29 is 22.4 Å². The van der Waals surface area contributed by atoms with Gasteiger partial charge in [-0.05, 0) is 61.2 Å². The van der Waals surface area contributed by atoms with Crippen LogP contribution in [0.25, 0.3) is 0 Å². The number of halogens is 1. The van der Waals surface area contributed by atoms with Gasteiger partial charge in [0.05, 0.1) is 10.6 Å². The van der Waals surface area contributed by atoms with Crippen LogP contribution in [0.5, 0.6) is 0 Å². The van der Waals surface area contributed by atoms with E-state index >= 15 is 0 Å². The lowest BCUT2D eigenvalue weighted by Crippen LogP contribution is -2.53. The van der Waals surface area contributed by atoms with Crippen molar-refractivity contribution in [3.63, 3.8) is 0 Å². The molecule has 0 saturated carbocycles. The fraction of sp³-hybridized carbons (Fsp3) is 0.257. The molecule has 0 heterocycles. The minimum Gasteiger partial charge on any atom is -0.354 e. The third-order valence-corrected chi connectivity index (χ3v) is 9.35. The van der Waals surface area contributed by atoms with Crippen LogP contribution >= 0.6 is 0 Å². The molecule has 0 radical (unpaired) electrons. The zero-order valence-corrected chi connectivity index (χ0v) is 26.1. The highest BCUT2D eigenvalue weighted by Gasteiger charge is 2.35. The Hall–Kier alpha value is -4.50. The van der Waals surface area contributed by atoms with Gasteiger partial charge in [-0.1, -0.05) is 85.8 Å². The second-order valence-electron chi connectivity index (χ2n) is 10.7. The van der Waals surface area contributed by atoms with Crippen molar-refractivity contribution in [3.05, 3.63) is 131 Å². The number of anilines is 1. The van der Waals surface area contributed by atoms with Crippen molar-refractivity contribution in [2.24, 2.45) is 0 Å². The first-order valence-electron chi connectivity index (χ1n) is 14.6. The summed E-state index contributed by atoms with van der Waals surface area (Å²) in [5.74, 6) is -1.56. The maximum Gasteiger partial charge on any atom is 0.264 e. The van der Waals surface area contributed by atoms with E-state index in [-0.39, 0.29) is 23.4 Å². The smallest absolute Gasteiger partial charge is 0.264 e. The summed E-state index contributed by atoms with van der Waals surface area (Å²) in [7, 11) is -4.21. The van der Waals surface area contributed by atoms with Gasteiger partial charge in [0, 0.05) is 25.1 Å². The molecule has 0 aliphatic heterocycles. The molecule has 0 spiro atoms. The van der Waals surface area contributed by atoms with Crippen molar-refractivity contribution in [1.82, 2.24) is 10.2 Å². The van der Waals surface area contributed by atoms with E-state index in [0.717, 1.165) is 15.4 Å². The number of sulfonamides is 1. The predicted octanol–water partition coefficient (Wildman–Crippen LogP) is 5.80. The van der Waals surface area contributed by atoms with Crippen molar-refractivity contribution >= 4 is 27.5 Å². The monoisotopic (exact) mass is 615 g/mol. The molecular formula is C35H38FN3O4S. The second-order valence-corrected chi connectivity index (χ2v) is 12.5. The Labute approximate surface area is 259 Å². The summed E-state index contributed by atoms with van der Waals surface area (Å²) in [4.78, 5) is 29.4. The lowest BCUT2D eigenvalue weighted by atomic mass is 10.0. The number of amides is 2. The Kier molecular flexibility index (Phi) is 10.9. The van der Waals surface area contributed by atoms with Crippen LogP contribution in [0.3, 0.4) is 0 Å². The van der Waals surface area contributed by atoms with Crippen molar-refractivity contribution in [2.45, 2.75) is 51.1 Å². The topological polar surface area (TPSA) is 86.8 Å². The largest absolute Gasteiger partial charge is 0.354 e. The molecule has 0 aliphatic rings. The summed E-state index contributed by atoms with van der Waals surface area (Å²) >= 11 is 0. The van der Waals surface area contributed by atoms with E-state index in [4.69, 9.17) is 0 Å². The van der Waals surface area contributed by atoms with Gasteiger partial charge in [-0.3, -0.25) is 13.9 Å². The van der Waals surface area contributed by atoms with Crippen LogP contribution in [-0.4, -0.2) is 44.3 Å². The van der Waals surface area contributed by atoms with Gasteiger partial charge in [0.2, 0.25) is 11.8 Å². The third-order valence-electron chi connectivity index (χ3n) is 7.57. The average Bonchev–Trinajstić information content (AvgIpc) is 3.03. The summed E-state index contributed by atoms with van der Waals surface area (Å²) in [6.07, 6.45) is 0.840. The minimum atomic E-state index is -4.21. The number of aryl methyl sites for hydroxylation is 1. The van der Waals surface area contributed by atoms with Crippen LogP contribution in [0.4, 0.5) is 10.1 Å². The van der Waals surface area contributed by atoms with E-state index in [1.54, 1.807) is 55.5 Å². The molecule has 4 aromatic rings. The molecule has 230 valence electrons. The summed E-state index contributed by atoms with van der Waals surface area (Å²) in [6, 6.07) is 27.5. The number of rotatable bonds is 13. The van der Waals surface area contributed by atoms with Crippen molar-refractivity contribution in [3.8, 4) is 0 Å². The molecule has 0 aliphatic carbocycles. The van der Waals surface area contributed by atoms with E-state index in [2.05, 4.69) is 5.32 Å². The molecule has 0 saturated heterocycles. The molecule has 0 bridgehead atoms. The van der Waals surface area contributed by atoms with Gasteiger partial charge < -0.3 is 10.2 Å². The number of carbonyl (C=O) groups excluding carboxylic acids is 2. The number of hydrogen-bond donors (Lipinski definition) is 1. The first-order valence-corrected chi connectivity index (χ1v) is 16.1. The summed E-state index contributed by atoms with van der Waals surface area (Å²) < 4.78 is 44.3. The minimum absolute atomic E-state index is 0.0240. The lowest BCUT2D eigenvalue weighted by Gasteiger charge is -2.34. The Morgan fingerprint density at radius 2 is 1.48 bits per heavy atom. The first-order chi connectivity index (χ1) is 21.1. The highest BCUT2D eigenvalue weighted by Crippen LogP contribution is 2.29. The summed E-state index contributed by atoms with van der Waals surface area (Å²) in [5, 5.41) is 2.89. The second kappa shape index (κ2) is 14.8. The van der Waals surface area contributed by atoms with E-state index in [1.165, 1.54) is 23.1 Å².